The molecule has 0 radical (unpaired) electrons. The van der Waals surface area contributed by atoms with E-state index in [1.54, 1.807) is 17.6 Å². The normalized spacial score (nSPS) is 14.7. The lowest BCUT2D eigenvalue weighted by molar-refractivity contribution is 0.683. The van der Waals surface area contributed by atoms with Crippen molar-refractivity contribution in [3.05, 3.63) is 16.2 Å². The van der Waals surface area contributed by atoms with Gasteiger partial charge in [0.25, 0.3) is 0 Å². The molecule has 0 spiro atoms. The zero-order chi connectivity index (χ0) is 13.3. The summed E-state index contributed by atoms with van der Waals surface area (Å²) < 4.78 is 11.2. The summed E-state index contributed by atoms with van der Waals surface area (Å²) in [6, 6.07) is 2.11. The Morgan fingerprint density at radius 2 is 2.28 bits per heavy atom. The molecule has 0 aliphatic carbocycles. The molecule has 0 saturated heterocycles. The smallest absolute Gasteiger partial charge is 0.225 e. The van der Waals surface area contributed by atoms with Crippen molar-refractivity contribution in [1.29, 1.82) is 0 Å². The Morgan fingerprint density at radius 1 is 1.56 bits per heavy atom. The van der Waals surface area contributed by atoms with Crippen LogP contribution in [0.4, 0.5) is 5.82 Å². The zero-order valence-corrected chi connectivity index (χ0v) is 12.7. The predicted octanol–water partition coefficient (Wildman–Crippen LogP) is 2.83. The minimum atomic E-state index is -0.839. The zero-order valence-electron chi connectivity index (χ0n) is 10.4. The van der Waals surface area contributed by atoms with Crippen molar-refractivity contribution in [3.8, 4) is 0 Å². The molecule has 0 amide bonds. The standard InChI is InChI=1S/C11H14ClN3OS2/c1-6(5-18(3)16)13-9-8-4-7(2)17-10(8)15-11(12)14-9/h4,6H,5H2,1-3H3,(H,13,14,15). The number of halogens is 1. The van der Waals surface area contributed by atoms with E-state index in [2.05, 4.69) is 15.3 Å². The molecule has 0 aliphatic rings. The maximum absolute atomic E-state index is 11.2. The van der Waals surface area contributed by atoms with Crippen LogP contribution < -0.4 is 5.32 Å². The van der Waals surface area contributed by atoms with Crippen molar-refractivity contribution in [2.45, 2.75) is 19.9 Å². The lowest BCUT2D eigenvalue weighted by Gasteiger charge is -2.13. The van der Waals surface area contributed by atoms with E-state index in [0.29, 0.717) is 11.6 Å². The number of anilines is 1. The number of nitrogens with one attached hydrogen (secondary N) is 1. The van der Waals surface area contributed by atoms with E-state index < -0.39 is 10.8 Å². The van der Waals surface area contributed by atoms with E-state index in [9.17, 15) is 4.21 Å². The number of hydrogen-bond donors (Lipinski definition) is 1. The van der Waals surface area contributed by atoms with Crippen molar-refractivity contribution >= 4 is 49.8 Å². The van der Waals surface area contributed by atoms with Crippen molar-refractivity contribution in [2.75, 3.05) is 17.3 Å². The number of hydrogen-bond acceptors (Lipinski definition) is 5. The predicted molar refractivity (Wildman–Crippen MR) is 79.2 cm³/mol. The van der Waals surface area contributed by atoms with E-state index >= 15 is 0 Å². The molecule has 7 heteroatoms. The van der Waals surface area contributed by atoms with Gasteiger partial charge in [-0.1, -0.05) is 0 Å². The third-order valence-electron chi connectivity index (χ3n) is 2.36. The molecule has 2 rings (SSSR count). The number of aryl methyl sites for hydroxylation is 1. The third-order valence-corrected chi connectivity index (χ3v) is 4.44. The van der Waals surface area contributed by atoms with Gasteiger partial charge in [0.2, 0.25) is 5.28 Å². The maximum Gasteiger partial charge on any atom is 0.225 e. The highest BCUT2D eigenvalue weighted by atomic mass is 35.5. The first kappa shape index (κ1) is 13.7. The molecule has 0 fully saturated rings. The van der Waals surface area contributed by atoms with Gasteiger partial charge >= 0.3 is 0 Å². The SMILES string of the molecule is Cc1cc2c(NC(C)CS(C)=O)nc(Cl)nc2s1. The van der Waals surface area contributed by atoms with Crippen molar-refractivity contribution in [2.24, 2.45) is 0 Å². The van der Waals surface area contributed by atoms with Gasteiger partial charge in [0, 0.05) is 33.7 Å². The van der Waals surface area contributed by atoms with E-state index in [0.717, 1.165) is 15.1 Å². The summed E-state index contributed by atoms with van der Waals surface area (Å²) in [7, 11) is -0.839. The van der Waals surface area contributed by atoms with Crippen LogP contribution in [-0.4, -0.2) is 32.2 Å². The van der Waals surface area contributed by atoms with Gasteiger partial charge in [0.15, 0.2) is 0 Å². The summed E-state index contributed by atoms with van der Waals surface area (Å²) in [5.74, 6) is 1.29. The van der Waals surface area contributed by atoms with E-state index in [1.165, 1.54) is 0 Å². The van der Waals surface area contributed by atoms with Crippen LogP contribution in [-0.2, 0) is 10.8 Å². The van der Waals surface area contributed by atoms with E-state index in [4.69, 9.17) is 11.6 Å². The second-order valence-electron chi connectivity index (χ2n) is 4.20. The number of aromatic nitrogens is 2. The summed E-state index contributed by atoms with van der Waals surface area (Å²) in [6.07, 6.45) is 1.69. The molecule has 0 bridgehead atoms. The first-order chi connectivity index (χ1) is 8.45. The van der Waals surface area contributed by atoms with Crippen LogP contribution in [0.25, 0.3) is 10.2 Å². The molecule has 0 aromatic carbocycles. The fourth-order valence-corrected chi connectivity index (χ4v) is 3.64. The summed E-state index contributed by atoms with van der Waals surface area (Å²) in [4.78, 5) is 10.4. The molecule has 2 aromatic heterocycles. The fourth-order valence-electron chi connectivity index (χ4n) is 1.75. The highest BCUT2D eigenvalue weighted by Crippen LogP contribution is 2.29. The van der Waals surface area contributed by atoms with Gasteiger partial charge in [-0.3, -0.25) is 4.21 Å². The Kier molecular flexibility index (Phi) is 4.19. The van der Waals surface area contributed by atoms with Gasteiger partial charge in [-0.2, -0.15) is 0 Å². The lowest BCUT2D eigenvalue weighted by Crippen LogP contribution is -2.23. The number of thiophene rings is 1. The molecule has 98 valence electrons. The summed E-state index contributed by atoms with van der Waals surface area (Å²) in [5, 5.41) is 4.45. The number of nitrogens with zero attached hydrogens (tertiary/aromatic N) is 2. The Morgan fingerprint density at radius 3 is 2.94 bits per heavy atom. The Balaban J connectivity index is 2.34. The molecule has 2 atom stereocenters. The average molecular weight is 304 g/mol. The summed E-state index contributed by atoms with van der Waals surface area (Å²) in [5.41, 5.74) is 0. The van der Waals surface area contributed by atoms with Crippen LogP contribution >= 0.6 is 22.9 Å². The monoisotopic (exact) mass is 303 g/mol. The fraction of sp³-hybridized carbons (Fsp3) is 0.455. The molecule has 2 aromatic rings. The van der Waals surface area contributed by atoms with Gasteiger partial charge in [-0.15, -0.1) is 11.3 Å². The van der Waals surface area contributed by atoms with Gasteiger partial charge in [-0.05, 0) is 31.5 Å². The van der Waals surface area contributed by atoms with Crippen LogP contribution in [0.2, 0.25) is 5.28 Å². The molecular weight excluding hydrogens is 290 g/mol. The van der Waals surface area contributed by atoms with E-state index in [1.807, 2.05) is 19.9 Å². The molecule has 1 N–H and O–H groups in total. The van der Waals surface area contributed by atoms with Crippen LogP contribution in [0.15, 0.2) is 6.07 Å². The lowest BCUT2D eigenvalue weighted by atomic mass is 10.3. The molecule has 0 saturated carbocycles. The van der Waals surface area contributed by atoms with Crippen LogP contribution in [0.1, 0.15) is 11.8 Å². The Bertz CT molecular complexity index is 599. The van der Waals surface area contributed by atoms with Gasteiger partial charge in [0.05, 0.1) is 5.39 Å². The molecule has 18 heavy (non-hydrogen) atoms. The minimum Gasteiger partial charge on any atom is -0.366 e. The van der Waals surface area contributed by atoms with Crippen LogP contribution in [0, 0.1) is 6.92 Å². The van der Waals surface area contributed by atoms with Crippen molar-refractivity contribution in [1.82, 2.24) is 9.97 Å². The molecule has 2 heterocycles. The number of rotatable bonds is 4. The minimum absolute atomic E-state index is 0.0743. The first-order valence-electron chi connectivity index (χ1n) is 5.46. The average Bonchev–Trinajstić information content (AvgIpc) is 2.56. The largest absolute Gasteiger partial charge is 0.366 e. The van der Waals surface area contributed by atoms with E-state index in [-0.39, 0.29) is 11.3 Å². The van der Waals surface area contributed by atoms with Crippen molar-refractivity contribution < 1.29 is 4.21 Å². The highest BCUT2D eigenvalue weighted by molar-refractivity contribution is 7.84. The molecule has 0 aliphatic heterocycles. The van der Waals surface area contributed by atoms with Gasteiger partial charge < -0.3 is 5.32 Å². The first-order valence-corrected chi connectivity index (χ1v) is 8.38. The van der Waals surface area contributed by atoms with Gasteiger partial charge in [-0.25, -0.2) is 9.97 Å². The topological polar surface area (TPSA) is 54.9 Å². The Labute approximate surface area is 117 Å². The third kappa shape index (κ3) is 3.18. The van der Waals surface area contributed by atoms with Crippen LogP contribution in [0.5, 0.6) is 0 Å². The number of fused-ring (bicyclic) bond motifs is 1. The summed E-state index contributed by atoms with van der Waals surface area (Å²) >= 11 is 7.49. The Hall–Kier alpha value is -0.720. The molecule has 2 unspecified atom stereocenters. The second kappa shape index (κ2) is 5.50. The maximum atomic E-state index is 11.2. The van der Waals surface area contributed by atoms with Gasteiger partial charge in [0.1, 0.15) is 10.6 Å². The van der Waals surface area contributed by atoms with Crippen molar-refractivity contribution in [3.63, 3.8) is 0 Å². The highest BCUT2D eigenvalue weighted by Gasteiger charge is 2.12. The quantitative estimate of drug-likeness (QED) is 0.883. The second-order valence-corrected chi connectivity index (χ2v) is 7.25. The van der Waals surface area contributed by atoms with Crippen LogP contribution in [0.3, 0.4) is 0 Å². The molecular formula is C11H14ClN3OS2. The summed E-state index contributed by atoms with van der Waals surface area (Å²) in [6.45, 7) is 4.00. The molecule has 4 nitrogen and oxygen atoms in total.